The number of carbonyl (C=O) groups is 4. The fourth-order valence-electron chi connectivity index (χ4n) is 3.12. The van der Waals surface area contributed by atoms with Gasteiger partial charge in [0.15, 0.2) is 0 Å². The van der Waals surface area contributed by atoms with Gasteiger partial charge in [0, 0.05) is 24.1 Å². The van der Waals surface area contributed by atoms with Crippen molar-refractivity contribution in [3.8, 4) is 11.5 Å². The van der Waals surface area contributed by atoms with Gasteiger partial charge in [-0.25, -0.2) is 0 Å². The number of amides is 4. The van der Waals surface area contributed by atoms with Gasteiger partial charge in [-0.1, -0.05) is 12.1 Å². The van der Waals surface area contributed by atoms with Gasteiger partial charge in [0.2, 0.25) is 5.91 Å². The highest BCUT2D eigenvalue weighted by molar-refractivity contribution is 6.09. The fourth-order valence-corrected chi connectivity index (χ4v) is 3.12. The molecule has 0 aliphatic carbocycles. The molecule has 4 N–H and O–H groups in total. The first-order valence-corrected chi connectivity index (χ1v) is 11.0. The van der Waals surface area contributed by atoms with Crippen LogP contribution in [0.25, 0.3) is 0 Å². The van der Waals surface area contributed by atoms with Crippen LogP contribution in [0.3, 0.4) is 0 Å². The van der Waals surface area contributed by atoms with E-state index in [0.717, 1.165) is 0 Å². The van der Waals surface area contributed by atoms with Crippen LogP contribution in [0, 0.1) is 0 Å². The maximum Gasteiger partial charge on any atom is 0.269 e. The number of carbonyl (C=O) groups excluding carboxylic acids is 4. The van der Waals surface area contributed by atoms with Gasteiger partial charge >= 0.3 is 0 Å². The molecular formula is C26H26N4O6. The molecule has 4 amide bonds. The summed E-state index contributed by atoms with van der Waals surface area (Å²) in [5.41, 5.74) is 5.93. The third-order valence-electron chi connectivity index (χ3n) is 5.08. The lowest BCUT2D eigenvalue weighted by Gasteiger charge is -2.12. The summed E-state index contributed by atoms with van der Waals surface area (Å²) in [7, 11) is 3.05. The monoisotopic (exact) mass is 490 g/mol. The zero-order valence-electron chi connectivity index (χ0n) is 19.8. The van der Waals surface area contributed by atoms with Gasteiger partial charge in [-0.05, 0) is 60.7 Å². The molecule has 3 aromatic carbocycles. The first-order chi connectivity index (χ1) is 17.4. The van der Waals surface area contributed by atoms with Crippen molar-refractivity contribution in [2.24, 2.45) is 0 Å². The number of hydrogen-bond acceptors (Lipinski definition) is 6. The van der Waals surface area contributed by atoms with E-state index in [4.69, 9.17) is 9.47 Å². The van der Waals surface area contributed by atoms with E-state index in [1.54, 1.807) is 72.8 Å². The fraction of sp³-hybridized carbons (Fsp3) is 0.154. The Kier molecular flexibility index (Phi) is 8.99. The highest BCUT2D eigenvalue weighted by Crippen LogP contribution is 2.18. The SMILES string of the molecule is COc1ccc(C(=O)NNC(=O)CCNC(=O)c2ccccc2NC(=O)c2ccc(OC)cc2)cc1. The number of ether oxygens (including phenoxy) is 2. The molecule has 3 rings (SSSR count). The number of para-hydroxylation sites is 1. The molecule has 0 spiro atoms. The van der Waals surface area contributed by atoms with Crippen molar-refractivity contribution in [1.29, 1.82) is 0 Å². The highest BCUT2D eigenvalue weighted by Gasteiger charge is 2.15. The Balaban J connectivity index is 1.48. The minimum atomic E-state index is -0.489. The summed E-state index contributed by atoms with van der Waals surface area (Å²) in [4.78, 5) is 49.4. The van der Waals surface area contributed by atoms with Gasteiger partial charge in [0.1, 0.15) is 11.5 Å². The van der Waals surface area contributed by atoms with E-state index in [1.165, 1.54) is 14.2 Å². The van der Waals surface area contributed by atoms with Crippen LogP contribution in [0.1, 0.15) is 37.5 Å². The second-order valence-electron chi connectivity index (χ2n) is 7.46. The van der Waals surface area contributed by atoms with Crippen LogP contribution in [-0.4, -0.2) is 44.4 Å². The maximum absolute atomic E-state index is 12.7. The van der Waals surface area contributed by atoms with E-state index >= 15 is 0 Å². The van der Waals surface area contributed by atoms with Crippen LogP contribution in [0.15, 0.2) is 72.8 Å². The number of methoxy groups -OCH3 is 2. The molecule has 0 heterocycles. The summed E-state index contributed by atoms with van der Waals surface area (Å²) in [5, 5.41) is 5.36. The Hall–Kier alpha value is -4.86. The molecule has 0 bridgehead atoms. The Morgan fingerprint density at radius 3 is 1.81 bits per heavy atom. The van der Waals surface area contributed by atoms with E-state index in [9.17, 15) is 19.2 Å². The number of rotatable bonds is 9. The standard InChI is InChI=1S/C26H26N4O6/c1-35-19-11-7-17(8-12-19)24(32)28-22-6-4-3-5-21(22)26(34)27-16-15-23(31)29-30-25(33)18-9-13-20(36-2)14-10-18/h3-14H,15-16H2,1-2H3,(H,27,34)(H,28,32)(H,29,31)(H,30,33). The van der Waals surface area contributed by atoms with Crippen LogP contribution in [0.4, 0.5) is 5.69 Å². The van der Waals surface area contributed by atoms with Crippen molar-refractivity contribution in [3.05, 3.63) is 89.5 Å². The van der Waals surface area contributed by atoms with Gasteiger partial charge in [-0.15, -0.1) is 0 Å². The van der Waals surface area contributed by atoms with Crippen molar-refractivity contribution in [3.63, 3.8) is 0 Å². The molecule has 0 saturated carbocycles. The summed E-state index contributed by atoms with van der Waals surface area (Å²) in [6.07, 6.45) is -0.0744. The predicted molar refractivity (Wildman–Crippen MR) is 133 cm³/mol. The molecule has 0 atom stereocenters. The molecule has 0 saturated heterocycles. The lowest BCUT2D eigenvalue weighted by Crippen LogP contribution is -2.42. The smallest absolute Gasteiger partial charge is 0.269 e. The van der Waals surface area contributed by atoms with Crippen LogP contribution >= 0.6 is 0 Å². The number of anilines is 1. The molecule has 0 unspecified atom stereocenters. The van der Waals surface area contributed by atoms with Gasteiger partial charge < -0.3 is 20.1 Å². The minimum absolute atomic E-state index is 0.0177. The first kappa shape index (κ1) is 25.8. The van der Waals surface area contributed by atoms with E-state index in [1.807, 2.05) is 0 Å². The van der Waals surface area contributed by atoms with Crippen LogP contribution in [0.2, 0.25) is 0 Å². The number of hydrazine groups is 1. The zero-order valence-corrected chi connectivity index (χ0v) is 19.8. The Morgan fingerprint density at radius 1 is 0.667 bits per heavy atom. The molecule has 0 aromatic heterocycles. The van der Waals surface area contributed by atoms with Crippen LogP contribution in [-0.2, 0) is 4.79 Å². The molecule has 186 valence electrons. The van der Waals surface area contributed by atoms with Crippen molar-refractivity contribution in [1.82, 2.24) is 16.2 Å². The summed E-state index contributed by atoms with van der Waals surface area (Å²) < 4.78 is 10.1. The topological polar surface area (TPSA) is 135 Å². The molecular weight excluding hydrogens is 464 g/mol. The van der Waals surface area contributed by atoms with Crippen LogP contribution in [0.5, 0.6) is 11.5 Å². The molecule has 0 aliphatic heterocycles. The quantitative estimate of drug-likeness (QED) is 0.341. The molecule has 10 heteroatoms. The second kappa shape index (κ2) is 12.6. The number of benzene rings is 3. The zero-order chi connectivity index (χ0) is 25.9. The normalized spacial score (nSPS) is 10.1. The van der Waals surface area contributed by atoms with Gasteiger partial charge in [0.25, 0.3) is 17.7 Å². The largest absolute Gasteiger partial charge is 0.497 e. The van der Waals surface area contributed by atoms with Gasteiger partial charge in [-0.2, -0.15) is 0 Å². The van der Waals surface area contributed by atoms with Crippen LogP contribution < -0.4 is 31.0 Å². The first-order valence-electron chi connectivity index (χ1n) is 11.0. The van der Waals surface area contributed by atoms with Gasteiger partial charge in [0.05, 0.1) is 25.5 Å². The van der Waals surface area contributed by atoms with E-state index < -0.39 is 17.7 Å². The van der Waals surface area contributed by atoms with Crippen molar-refractivity contribution < 1.29 is 28.7 Å². The van der Waals surface area contributed by atoms with E-state index in [-0.39, 0.29) is 24.4 Å². The number of hydrogen-bond donors (Lipinski definition) is 4. The summed E-state index contributed by atoms with van der Waals surface area (Å²) in [5.74, 6) is -0.598. The highest BCUT2D eigenvalue weighted by atomic mass is 16.5. The third kappa shape index (κ3) is 7.07. The maximum atomic E-state index is 12.7. The van der Waals surface area contributed by atoms with E-state index in [0.29, 0.717) is 28.3 Å². The lowest BCUT2D eigenvalue weighted by molar-refractivity contribution is -0.121. The third-order valence-corrected chi connectivity index (χ3v) is 5.08. The average Bonchev–Trinajstić information content (AvgIpc) is 2.92. The Bertz CT molecular complexity index is 1230. The molecule has 0 fully saturated rings. The Morgan fingerprint density at radius 2 is 1.22 bits per heavy atom. The molecule has 0 aliphatic rings. The van der Waals surface area contributed by atoms with E-state index in [2.05, 4.69) is 21.5 Å². The summed E-state index contributed by atoms with van der Waals surface area (Å²) in [6, 6.07) is 19.5. The minimum Gasteiger partial charge on any atom is -0.497 e. The summed E-state index contributed by atoms with van der Waals surface area (Å²) >= 11 is 0. The molecule has 0 radical (unpaired) electrons. The average molecular weight is 491 g/mol. The predicted octanol–water partition coefficient (Wildman–Crippen LogP) is 2.54. The van der Waals surface area contributed by atoms with Crippen molar-refractivity contribution in [2.45, 2.75) is 6.42 Å². The van der Waals surface area contributed by atoms with Crippen molar-refractivity contribution >= 4 is 29.3 Å². The molecule has 10 nitrogen and oxygen atoms in total. The van der Waals surface area contributed by atoms with Crippen molar-refractivity contribution in [2.75, 3.05) is 26.1 Å². The lowest BCUT2D eigenvalue weighted by atomic mass is 10.1. The number of nitrogens with one attached hydrogen (secondary N) is 4. The van der Waals surface area contributed by atoms with Gasteiger partial charge in [-0.3, -0.25) is 30.0 Å². The summed E-state index contributed by atoms with van der Waals surface area (Å²) in [6.45, 7) is 0.0177. The Labute approximate surface area is 208 Å². The second-order valence-corrected chi connectivity index (χ2v) is 7.46. The molecule has 3 aromatic rings. The molecule has 36 heavy (non-hydrogen) atoms.